The zero-order valence-electron chi connectivity index (χ0n) is 8.15. The molecule has 2 N–H and O–H groups in total. The molecule has 0 aromatic carbocycles. The van der Waals surface area contributed by atoms with Crippen molar-refractivity contribution >= 4 is 0 Å². The fraction of sp³-hybridized carbons (Fsp3) is 1.00. The number of aliphatic hydroxyl groups excluding tert-OH is 1. The van der Waals surface area contributed by atoms with E-state index in [4.69, 9.17) is 0 Å². The lowest BCUT2D eigenvalue weighted by molar-refractivity contribution is 0.0687. The SMILES string of the molecule is CCNC(CC)(CC)C(C)O. The summed E-state index contributed by atoms with van der Waals surface area (Å²) in [6, 6.07) is 0. The fourth-order valence-corrected chi connectivity index (χ4v) is 1.59. The molecule has 11 heavy (non-hydrogen) atoms. The van der Waals surface area contributed by atoms with E-state index in [1.54, 1.807) is 0 Å². The van der Waals surface area contributed by atoms with Gasteiger partial charge < -0.3 is 10.4 Å². The van der Waals surface area contributed by atoms with Gasteiger partial charge in [-0.2, -0.15) is 0 Å². The zero-order valence-corrected chi connectivity index (χ0v) is 8.15. The Bertz CT molecular complexity index is 97.7. The van der Waals surface area contributed by atoms with Crippen LogP contribution in [0.3, 0.4) is 0 Å². The molecule has 0 spiro atoms. The van der Waals surface area contributed by atoms with Crippen molar-refractivity contribution in [3.8, 4) is 0 Å². The maximum absolute atomic E-state index is 9.53. The molecule has 0 aromatic heterocycles. The van der Waals surface area contributed by atoms with Gasteiger partial charge in [0.2, 0.25) is 0 Å². The van der Waals surface area contributed by atoms with Crippen LogP contribution < -0.4 is 5.32 Å². The van der Waals surface area contributed by atoms with E-state index in [9.17, 15) is 5.11 Å². The molecule has 0 radical (unpaired) electrons. The molecule has 0 aliphatic carbocycles. The smallest absolute Gasteiger partial charge is 0.0693 e. The predicted octanol–water partition coefficient (Wildman–Crippen LogP) is 1.54. The summed E-state index contributed by atoms with van der Waals surface area (Å²) in [5.41, 5.74) is -0.0608. The highest BCUT2D eigenvalue weighted by atomic mass is 16.3. The summed E-state index contributed by atoms with van der Waals surface area (Å²) < 4.78 is 0. The topological polar surface area (TPSA) is 32.3 Å². The third kappa shape index (κ3) is 2.46. The number of hydrogen-bond donors (Lipinski definition) is 2. The first kappa shape index (κ1) is 10.9. The average Bonchev–Trinajstić information content (AvgIpc) is 2.00. The third-order valence-corrected chi connectivity index (χ3v) is 2.59. The minimum atomic E-state index is -0.266. The minimum absolute atomic E-state index is 0.0608. The van der Waals surface area contributed by atoms with Crippen LogP contribution in [-0.4, -0.2) is 23.3 Å². The number of nitrogens with one attached hydrogen (secondary N) is 1. The van der Waals surface area contributed by atoms with Crippen molar-refractivity contribution in [1.29, 1.82) is 0 Å². The van der Waals surface area contributed by atoms with E-state index in [-0.39, 0.29) is 11.6 Å². The van der Waals surface area contributed by atoms with Crippen LogP contribution in [0.4, 0.5) is 0 Å². The molecule has 0 saturated heterocycles. The van der Waals surface area contributed by atoms with E-state index < -0.39 is 0 Å². The van der Waals surface area contributed by atoms with Gasteiger partial charge in [-0.3, -0.25) is 0 Å². The molecule has 0 aliphatic rings. The van der Waals surface area contributed by atoms with Crippen molar-refractivity contribution in [2.24, 2.45) is 0 Å². The highest BCUT2D eigenvalue weighted by Crippen LogP contribution is 2.19. The first-order valence-electron chi connectivity index (χ1n) is 4.56. The lowest BCUT2D eigenvalue weighted by atomic mass is 9.87. The number of aliphatic hydroxyl groups is 1. The molecule has 68 valence electrons. The van der Waals surface area contributed by atoms with Gasteiger partial charge in [-0.25, -0.2) is 0 Å². The van der Waals surface area contributed by atoms with Crippen molar-refractivity contribution < 1.29 is 5.11 Å². The van der Waals surface area contributed by atoms with Crippen LogP contribution in [0.15, 0.2) is 0 Å². The van der Waals surface area contributed by atoms with Gasteiger partial charge >= 0.3 is 0 Å². The quantitative estimate of drug-likeness (QED) is 0.637. The Morgan fingerprint density at radius 3 is 1.82 bits per heavy atom. The molecular weight excluding hydrogens is 138 g/mol. The predicted molar refractivity (Wildman–Crippen MR) is 48.7 cm³/mol. The van der Waals surface area contributed by atoms with Gasteiger partial charge in [0.1, 0.15) is 0 Å². The first-order chi connectivity index (χ1) is 5.13. The minimum Gasteiger partial charge on any atom is -0.391 e. The lowest BCUT2D eigenvalue weighted by Crippen LogP contribution is -2.52. The van der Waals surface area contributed by atoms with Gasteiger partial charge in [-0.1, -0.05) is 20.8 Å². The summed E-state index contributed by atoms with van der Waals surface area (Å²) in [7, 11) is 0. The Labute approximate surface area is 70.0 Å². The van der Waals surface area contributed by atoms with Crippen LogP contribution >= 0.6 is 0 Å². The summed E-state index contributed by atoms with van der Waals surface area (Å²) in [5.74, 6) is 0. The third-order valence-electron chi connectivity index (χ3n) is 2.59. The van der Waals surface area contributed by atoms with Gasteiger partial charge in [-0.05, 0) is 26.3 Å². The lowest BCUT2D eigenvalue weighted by Gasteiger charge is -2.35. The van der Waals surface area contributed by atoms with Crippen LogP contribution in [0.5, 0.6) is 0 Å². The van der Waals surface area contributed by atoms with Crippen LogP contribution in [-0.2, 0) is 0 Å². The molecule has 0 saturated carbocycles. The van der Waals surface area contributed by atoms with E-state index in [0.29, 0.717) is 0 Å². The second-order valence-electron chi connectivity index (χ2n) is 3.07. The summed E-state index contributed by atoms with van der Waals surface area (Å²) in [4.78, 5) is 0. The number of rotatable bonds is 5. The normalized spacial score (nSPS) is 15.0. The summed E-state index contributed by atoms with van der Waals surface area (Å²) >= 11 is 0. The van der Waals surface area contributed by atoms with Crippen LogP contribution in [0.1, 0.15) is 40.5 Å². The second kappa shape index (κ2) is 4.73. The van der Waals surface area contributed by atoms with Gasteiger partial charge in [0.25, 0.3) is 0 Å². The van der Waals surface area contributed by atoms with E-state index >= 15 is 0 Å². The Morgan fingerprint density at radius 2 is 1.73 bits per heavy atom. The molecule has 0 amide bonds. The molecule has 1 unspecified atom stereocenters. The maximum atomic E-state index is 9.53. The van der Waals surface area contributed by atoms with Crippen LogP contribution in [0, 0.1) is 0 Å². The number of likely N-dealkylation sites (N-methyl/N-ethyl adjacent to an activating group) is 1. The van der Waals surface area contributed by atoms with Crippen molar-refractivity contribution in [2.45, 2.75) is 52.2 Å². The second-order valence-corrected chi connectivity index (χ2v) is 3.07. The largest absolute Gasteiger partial charge is 0.391 e. The zero-order chi connectivity index (χ0) is 8.91. The Balaban J connectivity index is 4.20. The monoisotopic (exact) mass is 159 g/mol. The average molecular weight is 159 g/mol. The first-order valence-corrected chi connectivity index (χ1v) is 4.56. The summed E-state index contributed by atoms with van der Waals surface area (Å²) in [5, 5.41) is 12.9. The molecular formula is C9H21NO. The van der Waals surface area contributed by atoms with E-state index in [1.165, 1.54) is 0 Å². The van der Waals surface area contributed by atoms with Gasteiger partial charge in [0, 0.05) is 5.54 Å². The van der Waals surface area contributed by atoms with E-state index in [2.05, 4.69) is 26.1 Å². The van der Waals surface area contributed by atoms with Gasteiger partial charge in [-0.15, -0.1) is 0 Å². The van der Waals surface area contributed by atoms with Crippen molar-refractivity contribution in [3.63, 3.8) is 0 Å². The molecule has 0 rings (SSSR count). The van der Waals surface area contributed by atoms with Crippen LogP contribution in [0.25, 0.3) is 0 Å². The van der Waals surface area contributed by atoms with Crippen molar-refractivity contribution in [1.82, 2.24) is 5.32 Å². The number of hydrogen-bond acceptors (Lipinski definition) is 2. The maximum Gasteiger partial charge on any atom is 0.0693 e. The van der Waals surface area contributed by atoms with Gasteiger partial charge in [0.05, 0.1) is 6.10 Å². The fourth-order valence-electron chi connectivity index (χ4n) is 1.59. The standard InChI is InChI=1S/C9H21NO/c1-5-9(6-2,8(4)11)10-7-3/h8,10-11H,5-7H2,1-4H3. The van der Waals surface area contributed by atoms with E-state index in [0.717, 1.165) is 19.4 Å². The molecule has 0 heterocycles. The summed E-state index contributed by atoms with van der Waals surface area (Å²) in [6.07, 6.45) is 1.70. The Morgan fingerprint density at radius 1 is 1.27 bits per heavy atom. The molecule has 0 aliphatic heterocycles. The van der Waals surface area contributed by atoms with Crippen LogP contribution in [0.2, 0.25) is 0 Å². The molecule has 1 atom stereocenters. The molecule has 2 nitrogen and oxygen atoms in total. The molecule has 0 bridgehead atoms. The van der Waals surface area contributed by atoms with Crippen molar-refractivity contribution in [2.75, 3.05) is 6.54 Å². The molecule has 0 fully saturated rings. The Hall–Kier alpha value is -0.0800. The highest BCUT2D eigenvalue weighted by molar-refractivity contribution is 4.89. The molecule has 0 aromatic rings. The Kier molecular flexibility index (Phi) is 4.69. The van der Waals surface area contributed by atoms with Crippen molar-refractivity contribution in [3.05, 3.63) is 0 Å². The van der Waals surface area contributed by atoms with E-state index in [1.807, 2.05) is 6.92 Å². The highest BCUT2D eigenvalue weighted by Gasteiger charge is 2.29. The summed E-state index contributed by atoms with van der Waals surface area (Å²) in [6.45, 7) is 9.07. The van der Waals surface area contributed by atoms with Gasteiger partial charge in [0.15, 0.2) is 0 Å². The molecule has 2 heteroatoms.